The van der Waals surface area contributed by atoms with E-state index in [2.05, 4.69) is 138 Å². The van der Waals surface area contributed by atoms with Gasteiger partial charge in [-0.3, -0.25) is 4.57 Å². The zero-order chi connectivity index (χ0) is 30.9. The molecule has 47 heavy (non-hydrogen) atoms. The molecule has 0 saturated carbocycles. The number of fused-ring (bicyclic) bond motifs is 7. The van der Waals surface area contributed by atoms with Crippen LogP contribution in [0.25, 0.3) is 94.2 Å². The highest BCUT2D eigenvalue weighted by Gasteiger charge is 2.16. The molecule has 0 radical (unpaired) electrons. The Kier molecular flexibility index (Phi) is 5.54. The Morgan fingerprint density at radius 1 is 0.383 bits per heavy atom. The van der Waals surface area contributed by atoms with Gasteiger partial charge in [-0.15, -0.1) is 0 Å². The van der Waals surface area contributed by atoms with Gasteiger partial charge in [0.1, 0.15) is 28.2 Å². The summed E-state index contributed by atoms with van der Waals surface area (Å²) < 4.78 is 14.6. The summed E-state index contributed by atoms with van der Waals surface area (Å²) in [4.78, 5) is 5.17. The standard InChI is InChI=1S/C43H26N2O2/c1-3-9-27(10-4-1)43-44-37-26-31(15-19-38(37)45(43)32-11-5-2-6-12-32)30-18-22-42-36(25-30)35-24-29(17-21-41(35)47-42)28-16-20-40-34(23-28)33-13-7-8-14-39(33)46-40/h1-26H. The predicted octanol–water partition coefficient (Wildman–Crippen LogP) is 11.8. The first-order valence-electron chi connectivity index (χ1n) is 15.8. The van der Waals surface area contributed by atoms with Crippen LogP contribution in [0.4, 0.5) is 0 Å². The number of imidazole rings is 1. The van der Waals surface area contributed by atoms with Crippen LogP contribution in [0, 0.1) is 0 Å². The Hall–Kier alpha value is -6.39. The van der Waals surface area contributed by atoms with Gasteiger partial charge in [-0.25, -0.2) is 4.98 Å². The number of hydrogen-bond donors (Lipinski definition) is 0. The third-order valence-corrected chi connectivity index (χ3v) is 9.21. The lowest BCUT2D eigenvalue weighted by Crippen LogP contribution is -1.97. The summed E-state index contributed by atoms with van der Waals surface area (Å²) >= 11 is 0. The molecule has 220 valence electrons. The van der Waals surface area contributed by atoms with Crippen LogP contribution in [-0.2, 0) is 0 Å². The molecule has 10 rings (SSSR count). The highest BCUT2D eigenvalue weighted by atomic mass is 16.3. The number of aromatic nitrogens is 2. The Labute approximate surface area is 269 Å². The fraction of sp³-hybridized carbons (Fsp3) is 0. The van der Waals surface area contributed by atoms with E-state index in [1.165, 1.54) is 0 Å². The van der Waals surface area contributed by atoms with Crippen molar-refractivity contribution in [3.05, 3.63) is 158 Å². The van der Waals surface area contributed by atoms with E-state index in [-0.39, 0.29) is 0 Å². The van der Waals surface area contributed by atoms with Crippen molar-refractivity contribution in [3.63, 3.8) is 0 Å². The van der Waals surface area contributed by atoms with E-state index >= 15 is 0 Å². The van der Waals surface area contributed by atoms with E-state index in [0.717, 1.165) is 94.2 Å². The van der Waals surface area contributed by atoms with Gasteiger partial charge in [0, 0.05) is 32.8 Å². The number of rotatable bonds is 4. The molecule has 0 fully saturated rings. The SMILES string of the molecule is c1ccc(-c2nc3cc(-c4ccc5oc6ccc(-c7ccc8oc9ccccc9c8c7)cc6c5c4)ccc3n2-c2ccccc2)cc1. The van der Waals surface area contributed by atoms with E-state index in [9.17, 15) is 0 Å². The van der Waals surface area contributed by atoms with Gasteiger partial charge >= 0.3 is 0 Å². The summed E-state index contributed by atoms with van der Waals surface area (Å²) in [5.74, 6) is 0.925. The molecule has 0 amide bonds. The summed E-state index contributed by atoms with van der Waals surface area (Å²) in [7, 11) is 0. The summed E-state index contributed by atoms with van der Waals surface area (Å²) in [5.41, 5.74) is 12.3. The number of benzene rings is 7. The minimum atomic E-state index is 0.873. The lowest BCUT2D eigenvalue weighted by Gasteiger charge is -2.09. The van der Waals surface area contributed by atoms with Crippen molar-refractivity contribution >= 4 is 54.9 Å². The van der Waals surface area contributed by atoms with Gasteiger partial charge in [-0.05, 0) is 89.0 Å². The molecule has 4 heteroatoms. The maximum absolute atomic E-state index is 6.31. The Bertz CT molecular complexity index is 2790. The minimum Gasteiger partial charge on any atom is -0.456 e. The largest absolute Gasteiger partial charge is 0.456 e. The van der Waals surface area contributed by atoms with Crippen molar-refractivity contribution in [2.75, 3.05) is 0 Å². The molecule has 0 spiro atoms. The topological polar surface area (TPSA) is 44.1 Å². The molecule has 0 unspecified atom stereocenters. The van der Waals surface area contributed by atoms with Crippen molar-refractivity contribution in [1.29, 1.82) is 0 Å². The van der Waals surface area contributed by atoms with Crippen LogP contribution < -0.4 is 0 Å². The smallest absolute Gasteiger partial charge is 0.145 e. The Morgan fingerprint density at radius 2 is 0.872 bits per heavy atom. The number of nitrogens with zero attached hydrogens (tertiary/aromatic N) is 2. The maximum atomic E-state index is 6.31. The number of hydrogen-bond acceptors (Lipinski definition) is 3. The molecule has 0 aliphatic carbocycles. The van der Waals surface area contributed by atoms with Crippen molar-refractivity contribution in [2.24, 2.45) is 0 Å². The lowest BCUT2D eigenvalue weighted by molar-refractivity contribution is 0.668. The monoisotopic (exact) mass is 602 g/mol. The van der Waals surface area contributed by atoms with Crippen LogP contribution >= 0.6 is 0 Å². The Morgan fingerprint density at radius 3 is 1.51 bits per heavy atom. The molecule has 3 aromatic heterocycles. The fourth-order valence-corrected chi connectivity index (χ4v) is 6.92. The van der Waals surface area contributed by atoms with Gasteiger partial charge < -0.3 is 8.83 Å². The molecule has 4 nitrogen and oxygen atoms in total. The predicted molar refractivity (Wildman–Crippen MR) is 192 cm³/mol. The maximum Gasteiger partial charge on any atom is 0.145 e. The fourth-order valence-electron chi connectivity index (χ4n) is 6.92. The van der Waals surface area contributed by atoms with Crippen molar-refractivity contribution < 1.29 is 8.83 Å². The van der Waals surface area contributed by atoms with Crippen LogP contribution in [0.1, 0.15) is 0 Å². The average molecular weight is 603 g/mol. The highest BCUT2D eigenvalue weighted by Crippen LogP contribution is 2.38. The van der Waals surface area contributed by atoms with E-state index in [4.69, 9.17) is 13.8 Å². The molecule has 0 bridgehead atoms. The van der Waals surface area contributed by atoms with Gasteiger partial charge in [-0.2, -0.15) is 0 Å². The molecule has 10 aromatic rings. The third kappa shape index (κ3) is 4.12. The lowest BCUT2D eigenvalue weighted by atomic mass is 9.99. The van der Waals surface area contributed by atoms with Gasteiger partial charge in [-0.1, -0.05) is 91.0 Å². The zero-order valence-electron chi connectivity index (χ0n) is 25.2. The van der Waals surface area contributed by atoms with Gasteiger partial charge in [0.2, 0.25) is 0 Å². The summed E-state index contributed by atoms with van der Waals surface area (Å²) in [6.45, 7) is 0. The van der Waals surface area contributed by atoms with Crippen LogP contribution in [0.15, 0.2) is 167 Å². The second-order valence-electron chi connectivity index (χ2n) is 12.0. The summed E-state index contributed by atoms with van der Waals surface area (Å²) in [6, 6.07) is 54.9. The first-order chi connectivity index (χ1) is 23.3. The molecule has 0 aliphatic rings. The first kappa shape index (κ1) is 25.9. The highest BCUT2D eigenvalue weighted by molar-refractivity contribution is 6.09. The van der Waals surface area contributed by atoms with E-state index in [1.807, 2.05) is 24.3 Å². The molecule has 0 N–H and O–H groups in total. The second kappa shape index (κ2) is 10.1. The minimum absolute atomic E-state index is 0.873. The molecular weight excluding hydrogens is 576 g/mol. The second-order valence-corrected chi connectivity index (χ2v) is 12.0. The molecule has 0 atom stereocenters. The van der Waals surface area contributed by atoms with Crippen LogP contribution in [0.3, 0.4) is 0 Å². The molecular formula is C43H26N2O2. The van der Waals surface area contributed by atoms with Crippen molar-refractivity contribution in [2.45, 2.75) is 0 Å². The van der Waals surface area contributed by atoms with Gasteiger partial charge in [0.15, 0.2) is 0 Å². The van der Waals surface area contributed by atoms with Crippen LogP contribution in [-0.4, -0.2) is 9.55 Å². The quantitative estimate of drug-likeness (QED) is 0.201. The zero-order valence-corrected chi connectivity index (χ0v) is 25.2. The Balaban J connectivity index is 1.10. The normalized spacial score (nSPS) is 11.8. The van der Waals surface area contributed by atoms with Crippen LogP contribution in [0.5, 0.6) is 0 Å². The van der Waals surface area contributed by atoms with E-state index in [0.29, 0.717) is 0 Å². The van der Waals surface area contributed by atoms with Crippen molar-refractivity contribution in [3.8, 4) is 39.3 Å². The van der Waals surface area contributed by atoms with Gasteiger partial charge in [0.25, 0.3) is 0 Å². The first-order valence-corrected chi connectivity index (χ1v) is 15.8. The van der Waals surface area contributed by atoms with Crippen LogP contribution in [0.2, 0.25) is 0 Å². The van der Waals surface area contributed by atoms with Gasteiger partial charge in [0.05, 0.1) is 11.0 Å². The molecule has 7 aromatic carbocycles. The average Bonchev–Trinajstić information content (AvgIpc) is 3.82. The van der Waals surface area contributed by atoms with E-state index < -0.39 is 0 Å². The third-order valence-electron chi connectivity index (χ3n) is 9.21. The number of para-hydroxylation sites is 2. The van der Waals surface area contributed by atoms with E-state index in [1.54, 1.807) is 0 Å². The number of furan rings is 2. The summed E-state index contributed by atoms with van der Waals surface area (Å²) in [5, 5.41) is 4.44. The van der Waals surface area contributed by atoms with Crippen molar-refractivity contribution in [1.82, 2.24) is 9.55 Å². The molecule has 3 heterocycles. The summed E-state index contributed by atoms with van der Waals surface area (Å²) in [6.07, 6.45) is 0. The molecule has 0 saturated heterocycles. The molecule has 0 aliphatic heterocycles.